The topological polar surface area (TPSA) is 112 Å². The van der Waals surface area contributed by atoms with Crippen LogP contribution in [0, 0.1) is 12.8 Å². The fraction of sp³-hybridized carbons (Fsp3) is 0.556. The first kappa shape index (κ1) is 13.7. The molecule has 0 spiro atoms. The fourth-order valence-corrected chi connectivity index (χ4v) is 2.79. The number of sulfonamides is 1. The Balaban J connectivity index is 3.01. The molecule has 1 atom stereocenters. The molecule has 3 N–H and O–H groups in total. The van der Waals surface area contributed by atoms with E-state index in [9.17, 15) is 13.2 Å². The lowest BCUT2D eigenvalue weighted by Gasteiger charge is -2.17. The second-order valence-electron chi connectivity index (χ2n) is 4.04. The summed E-state index contributed by atoms with van der Waals surface area (Å²) in [5.41, 5.74) is 0.366. The van der Waals surface area contributed by atoms with E-state index in [1.54, 1.807) is 20.8 Å². The van der Waals surface area contributed by atoms with Gasteiger partial charge in [-0.2, -0.15) is 9.82 Å². The van der Waals surface area contributed by atoms with Crippen molar-refractivity contribution in [2.75, 3.05) is 0 Å². The predicted molar refractivity (Wildman–Crippen MR) is 59.9 cm³/mol. The number of rotatable bonds is 5. The number of hydrogen-bond donors (Lipinski definition) is 3. The predicted octanol–water partition coefficient (Wildman–Crippen LogP) is 0.106. The maximum atomic E-state index is 11.9. The minimum absolute atomic E-state index is 0.0376. The Morgan fingerprint density at radius 2 is 2.12 bits per heavy atom. The van der Waals surface area contributed by atoms with E-state index in [0.29, 0.717) is 5.69 Å². The van der Waals surface area contributed by atoms with Gasteiger partial charge in [0.1, 0.15) is 10.9 Å². The molecule has 0 fully saturated rings. The van der Waals surface area contributed by atoms with Crippen LogP contribution >= 0.6 is 0 Å². The third kappa shape index (κ3) is 3.04. The quantitative estimate of drug-likeness (QED) is 0.696. The molecule has 7 nitrogen and oxygen atoms in total. The lowest BCUT2D eigenvalue weighted by atomic mass is 10.1. The van der Waals surface area contributed by atoms with Crippen molar-refractivity contribution < 1.29 is 18.3 Å². The van der Waals surface area contributed by atoms with Gasteiger partial charge in [-0.25, -0.2) is 8.42 Å². The highest BCUT2D eigenvalue weighted by Gasteiger charge is 2.29. The lowest BCUT2D eigenvalue weighted by Crippen LogP contribution is -2.44. The van der Waals surface area contributed by atoms with Crippen molar-refractivity contribution in [3.8, 4) is 0 Å². The van der Waals surface area contributed by atoms with Crippen molar-refractivity contribution in [3.05, 3.63) is 11.9 Å². The zero-order valence-electron chi connectivity index (χ0n) is 9.76. The van der Waals surface area contributed by atoms with Crippen molar-refractivity contribution in [2.24, 2.45) is 5.92 Å². The Kier molecular flexibility index (Phi) is 3.89. The number of nitrogens with zero attached hydrogens (tertiary/aromatic N) is 1. The number of hydrogen-bond acceptors (Lipinski definition) is 4. The van der Waals surface area contributed by atoms with Gasteiger partial charge in [0.15, 0.2) is 0 Å². The zero-order chi connectivity index (χ0) is 13.2. The van der Waals surface area contributed by atoms with E-state index < -0.39 is 22.0 Å². The van der Waals surface area contributed by atoms with E-state index in [-0.39, 0.29) is 10.8 Å². The van der Waals surface area contributed by atoms with Crippen LogP contribution in [0.5, 0.6) is 0 Å². The lowest BCUT2D eigenvalue weighted by molar-refractivity contribution is -0.140. The third-order valence-electron chi connectivity index (χ3n) is 2.29. The number of carbonyl (C=O) groups is 1. The molecule has 1 rings (SSSR count). The first-order valence-electron chi connectivity index (χ1n) is 5.01. The van der Waals surface area contributed by atoms with Gasteiger partial charge in [0, 0.05) is 0 Å². The fourth-order valence-electron chi connectivity index (χ4n) is 1.31. The summed E-state index contributed by atoms with van der Waals surface area (Å²) in [6.45, 7) is 4.81. The van der Waals surface area contributed by atoms with Gasteiger partial charge in [-0.3, -0.25) is 9.89 Å². The molecule has 0 radical (unpaired) electrons. The molecular weight excluding hydrogens is 246 g/mol. The molecule has 0 aliphatic rings. The van der Waals surface area contributed by atoms with Crippen molar-refractivity contribution in [2.45, 2.75) is 31.7 Å². The number of aliphatic carboxylic acids is 1. The standard InChI is InChI=1S/C9H15N3O4S/c1-5(2)8(9(13)14)12-17(15,16)7-4-10-11-6(7)3/h4-5,8,12H,1-3H3,(H,10,11)(H,13,14)/t8-/m0/s1. The number of aromatic nitrogens is 2. The van der Waals surface area contributed by atoms with Gasteiger partial charge in [-0.1, -0.05) is 13.8 Å². The van der Waals surface area contributed by atoms with E-state index in [4.69, 9.17) is 5.11 Å². The Hall–Kier alpha value is -1.41. The van der Waals surface area contributed by atoms with Crippen LogP contribution in [0.25, 0.3) is 0 Å². The maximum Gasteiger partial charge on any atom is 0.322 e. The number of aromatic amines is 1. The van der Waals surface area contributed by atoms with Crippen molar-refractivity contribution in [1.82, 2.24) is 14.9 Å². The first-order valence-corrected chi connectivity index (χ1v) is 6.49. The largest absolute Gasteiger partial charge is 0.480 e. The smallest absolute Gasteiger partial charge is 0.322 e. The summed E-state index contributed by atoms with van der Waals surface area (Å²) in [5.74, 6) is -1.56. The first-order chi connectivity index (χ1) is 7.75. The van der Waals surface area contributed by atoms with Gasteiger partial charge < -0.3 is 5.11 Å². The molecule has 0 saturated carbocycles. The summed E-state index contributed by atoms with van der Waals surface area (Å²) in [6, 6.07) is -1.16. The summed E-state index contributed by atoms with van der Waals surface area (Å²) in [6.07, 6.45) is 1.15. The number of H-pyrrole nitrogens is 1. The molecule has 0 unspecified atom stereocenters. The van der Waals surface area contributed by atoms with Crippen LogP contribution in [0.1, 0.15) is 19.5 Å². The third-order valence-corrected chi connectivity index (χ3v) is 3.84. The van der Waals surface area contributed by atoms with Crippen LogP contribution in [0.3, 0.4) is 0 Å². The summed E-state index contributed by atoms with van der Waals surface area (Å²) in [4.78, 5) is 10.9. The molecule has 0 aliphatic heterocycles. The maximum absolute atomic E-state index is 11.9. The summed E-state index contributed by atoms with van der Waals surface area (Å²) >= 11 is 0. The van der Waals surface area contributed by atoms with Crippen LogP contribution in [-0.4, -0.2) is 35.7 Å². The van der Waals surface area contributed by atoms with Crippen molar-refractivity contribution in [3.63, 3.8) is 0 Å². The minimum atomic E-state index is -3.86. The second-order valence-corrected chi connectivity index (χ2v) is 5.72. The highest BCUT2D eigenvalue weighted by molar-refractivity contribution is 7.89. The van der Waals surface area contributed by atoms with E-state index in [0.717, 1.165) is 6.20 Å². The molecule has 1 heterocycles. The number of carboxylic acids is 1. The molecule has 0 bridgehead atoms. The molecule has 1 aromatic heterocycles. The highest BCUT2D eigenvalue weighted by atomic mass is 32.2. The Bertz CT molecular complexity index is 506. The molecule has 8 heteroatoms. The number of nitrogens with one attached hydrogen (secondary N) is 2. The van der Waals surface area contributed by atoms with Crippen LogP contribution < -0.4 is 4.72 Å². The molecular formula is C9H15N3O4S. The van der Waals surface area contributed by atoms with Gasteiger partial charge in [-0.15, -0.1) is 0 Å². The Morgan fingerprint density at radius 1 is 1.53 bits per heavy atom. The molecule has 0 aliphatic carbocycles. The highest BCUT2D eigenvalue weighted by Crippen LogP contribution is 2.13. The average Bonchev–Trinajstić information content (AvgIpc) is 2.60. The van der Waals surface area contributed by atoms with Crippen LogP contribution in [0.15, 0.2) is 11.1 Å². The monoisotopic (exact) mass is 261 g/mol. The SMILES string of the molecule is Cc1[nH]ncc1S(=O)(=O)N[C@H](C(=O)O)C(C)C. The summed E-state index contributed by atoms with van der Waals surface area (Å²) < 4.78 is 25.9. The van der Waals surface area contributed by atoms with Gasteiger partial charge in [-0.05, 0) is 12.8 Å². The van der Waals surface area contributed by atoms with Crippen molar-refractivity contribution >= 4 is 16.0 Å². The van der Waals surface area contributed by atoms with E-state index in [2.05, 4.69) is 14.9 Å². The summed E-state index contributed by atoms with van der Waals surface area (Å²) in [5, 5.41) is 15.0. The van der Waals surface area contributed by atoms with Crippen LogP contribution in [-0.2, 0) is 14.8 Å². The summed E-state index contributed by atoms with van der Waals surface area (Å²) in [7, 11) is -3.86. The number of carboxylic acid groups (broad SMARTS) is 1. The van der Waals surface area contributed by atoms with Crippen molar-refractivity contribution in [1.29, 1.82) is 0 Å². The second kappa shape index (κ2) is 4.84. The normalized spacial score (nSPS) is 13.9. The average molecular weight is 261 g/mol. The van der Waals surface area contributed by atoms with E-state index in [1.807, 2.05) is 0 Å². The Labute approximate surface area is 99.3 Å². The van der Waals surface area contributed by atoms with Crippen LogP contribution in [0.2, 0.25) is 0 Å². The van der Waals surface area contributed by atoms with E-state index in [1.165, 1.54) is 0 Å². The van der Waals surface area contributed by atoms with Gasteiger partial charge in [0.05, 0.1) is 11.9 Å². The van der Waals surface area contributed by atoms with Gasteiger partial charge >= 0.3 is 5.97 Å². The molecule has 0 saturated heterocycles. The zero-order valence-corrected chi connectivity index (χ0v) is 10.6. The molecule has 0 aromatic carbocycles. The minimum Gasteiger partial charge on any atom is -0.480 e. The molecule has 96 valence electrons. The Morgan fingerprint density at radius 3 is 2.47 bits per heavy atom. The van der Waals surface area contributed by atoms with Gasteiger partial charge in [0.25, 0.3) is 0 Å². The van der Waals surface area contributed by atoms with E-state index >= 15 is 0 Å². The molecule has 1 aromatic rings. The van der Waals surface area contributed by atoms with Crippen LogP contribution in [0.4, 0.5) is 0 Å². The molecule has 0 amide bonds. The molecule has 17 heavy (non-hydrogen) atoms. The van der Waals surface area contributed by atoms with Gasteiger partial charge in [0.2, 0.25) is 10.0 Å². The number of aryl methyl sites for hydroxylation is 1.